The number of hydrogen-bond donors (Lipinski definition) is 1. The Morgan fingerprint density at radius 1 is 1.33 bits per heavy atom. The zero-order valence-corrected chi connectivity index (χ0v) is 11.7. The summed E-state index contributed by atoms with van der Waals surface area (Å²) < 4.78 is 5.07. The van der Waals surface area contributed by atoms with Gasteiger partial charge < -0.3 is 10.3 Å². The van der Waals surface area contributed by atoms with Crippen molar-refractivity contribution in [2.75, 3.05) is 5.73 Å². The third-order valence-corrected chi connectivity index (χ3v) is 3.16. The normalized spacial score (nSPS) is 11.2. The molecule has 0 saturated heterocycles. The standard InChI is InChI=1S/C13H14Cl2N2O/c1-7(2)5-10-12(17-18-13(10)16)9-4-3-8(14)6-11(9)15/h3-4,6-7H,5,16H2,1-2H3. The van der Waals surface area contributed by atoms with E-state index in [1.54, 1.807) is 12.1 Å². The Kier molecular flexibility index (Phi) is 3.83. The SMILES string of the molecule is CC(C)Cc1c(-c2ccc(Cl)cc2Cl)noc1N. The average Bonchev–Trinajstić information content (AvgIpc) is 2.60. The Hall–Kier alpha value is -1.19. The predicted octanol–water partition coefficient (Wildman–Crippen LogP) is 4.43. The Morgan fingerprint density at radius 2 is 2.06 bits per heavy atom. The highest BCUT2D eigenvalue weighted by molar-refractivity contribution is 6.36. The van der Waals surface area contributed by atoms with Crippen molar-refractivity contribution < 1.29 is 4.52 Å². The number of aromatic nitrogens is 1. The molecule has 1 aromatic carbocycles. The fraction of sp³-hybridized carbons (Fsp3) is 0.308. The fourth-order valence-corrected chi connectivity index (χ4v) is 2.32. The van der Waals surface area contributed by atoms with Crippen LogP contribution in [0.1, 0.15) is 19.4 Å². The molecular formula is C13H14Cl2N2O. The summed E-state index contributed by atoms with van der Waals surface area (Å²) >= 11 is 12.1. The summed E-state index contributed by atoms with van der Waals surface area (Å²) in [6.07, 6.45) is 0.795. The summed E-state index contributed by atoms with van der Waals surface area (Å²) in [5, 5.41) is 5.13. The highest BCUT2D eigenvalue weighted by Gasteiger charge is 2.18. The van der Waals surface area contributed by atoms with E-state index < -0.39 is 0 Å². The van der Waals surface area contributed by atoms with Crippen molar-refractivity contribution in [2.45, 2.75) is 20.3 Å². The lowest BCUT2D eigenvalue weighted by atomic mass is 9.99. The number of nitrogens with two attached hydrogens (primary N) is 1. The van der Waals surface area contributed by atoms with Crippen molar-refractivity contribution in [2.24, 2.45) is 5.92 Å². The Morgan fingerprint density at radius 3 is 2.67 bits per heavy atom. The summed E-state index contributed by atoms with van der Waals surface area (Å²) in [6.45, 7) is 4.22. The van der Waals surface area contributed by atoms with Gasteiger partial charge in [0.1, 0.15) is 5.69 Å². The molecular weight excluding hydrogens is 271 g/mol. The van der Waals surface area contributed by atoms with Crippen molar-refractivity contribution in [3.8, 4) is 11.3 Å². The minimum Gasteiger partial charge on any atom is -0.367 e. The average molecular weight is 285 g/mol. The van der Waals surface area contributed by atoms with Gasteiger partial charge in [0.15, 0.2) is 0 Å². The molecule has 2 aromatic rings. The topological polar surface area (TPSA) is 52.0 Å². The van der Waals surface area contributed by atoms with E-state index >= 15 is 0 Å². The van der Waals surface area contributed by atoms with E-state index in [9.17, 15) is 0 Å². The third kappa shape index (κ3) is 2.62. The van der Waals surface area contributed by atoms with E-state index in [0.717, 1.165) is 17.5 Å². The molecule has 0 saturated carbocycles. The summed E-state index contributed by atoms with van der Waals surface area (Å²) in [6, 6.07) is 5.28. The Labute approximate surface area is 116 Å². The van der Waals surface area contributed by atoms with Crippen molar-refractivity contribution in [3.63, 3.8) is 0 Å². The molecule has 0 unspecified atom stereocenters. The first kappa shape index (κ1) is 13.2. The molecule has 0 fully saturated rings. The maximum Gasteiger partial charge on any atom is 0.225 e. The number of hydrogen-bond acceptors (Lipinski definition) is 3. The van der Waals surface area contributed by atoms with E-state index in [-0.39, 0.29) is 0 Å². The molecule has 2 N–H and O–H groups in total. The van der Waals surface area contributed by atoms with Crippen LogP contribution in [-0.2, 0) is 6.42 Å². The van der Waals surface area contributed by atoms with E-state index in [4.69, 9.17) is 33.5 Å². The summed E-state index contributed by atoms with van der Waals surface area (Å²) in [7, 11) is 0. The van der Waals surface area contributed by atoms with Gasteiger partial charge in [0.2, 0.25) is 5.88 Å². The quantitative estimate of drug-likeness (QED) is 0.907. The molecule has 1 aromatic heterocycles. The first-order chi connectivity index (χ1) is 8.49. The van der Waals surface area contributed by atoms with Gasteiger partial charge >= 0.3 is 0 Å². The van der Waals surface area contributed by atoms with Gasteiger partial charge in [0.05, 0.1) is 5.02 Å². The van der Waals surface area contributed by atoms with Gasteiger partial charge in [0, 0.05) is 16.1 Å². The zero-order valence-electron chi connectivity index (χ0n) is 10.2. The second kappa shape index (κ2) is 5.21. The van der Waals surface area contributed by atoms with Crippen molar-refractivity contribution >= 4 is 29.1 Å². The van der Waals surface area contributed by atoms with Crippen LogP contribution in [0.3, 0.4) is 0 Å². The monoisotopic (exact) mass is 284 g/mol. The van der Waals surface area contributed by atoms with Crippen LogP contribution in [0.2, 0.25) is 10.0 Å². The lowest BCUT2D eigenvalue weighted by Gasteiger charge is -2.06. The summed E-state index contributed by atoms with van der Waals surface area (Å²) in [4.78, 5) is 0. The molecule has 2 rings (SSSR count). The first-order valence-corrected chi connectivity index (χ1v) is 6.44. The van der Waals surface area contributed by atoms with Gasteiger partial charge in [-0.15, -0.1) is 0 Å². The van der Waals surface area contributed by atoms with Crippen molar-refractivity contribution in [1.82, 2.24) is 5.16 Å². The number of anilines is 1. The van der Waals surface area contributed by atoms with Gasteiger partial charge in [-0.2, -0.15) is 0 Å². The molecule has 5 heteroatoms. The fourth-order valence-electron chi connectivity index (χ4n) is 1.82. The molecule has 0 amide bonds. The number of nitrogen functional groups attached to an aromatic ring is 1. The molecule has 0 radical (unpaired) electrons. The summed E-state index contributed by atoms with van der Waals surface area (Å²) in [5.74, 6) is 0.807. The number of rotatable bonds is 3. The van der Waals surface area contributed by atoms with Crippen LogP contribution < -0.4 is 5.73 Å². The number of halogens is 2. The molecule has 0 aliphatic heterocycles. The second-order valence-corrected chi connectivity index (χ2v) is 5.44. The molecule has 0 aliphatic rings. The van der Waals surface area contributed by atoms with Crippen molar-refractivity contribution in [3.05, 3.63) is 33.8 Å². The largest absolute Gasteiger partial charge is 0.367 e. The van der Waals surface area contributed by atoms with Crippen molar-refractivity contribution in [1.29, 1.82) is 0 Å². The molecule has 3 nitrogen and oxygen atoms in total. The van der Waals surface area contributed by atoms with Gasteiger partial charge in [-0.3, -0.25) is 0 Å². The smallest absolute Gasteiger partial charge is 0.225 e. The zero-order chi connectivity index (χ0) is 13.3. The van der Waals surface area contributed by atoms with E-state index in [1.807, 2.05) is 6.07 Å². The van der Waals surface area contributed by atoms with Gasteiger partial charge in [-0.1, -0.05) is 42.2 Å². The third-order valence-electron chi connectivity index (χ3n) is 2.62. The summed E-state index contributed by atoms with van der Waals surface area (Å²) in [5.41, 5.74) is 8.19. The Bertz CT molecular complexity index is 564. The molecule has 96 valence electrons. The van der Waals surface area contributed by atoms with Gasteiger partial charge in [-0.25, -0.2) is 0 Å². The van der Waals surface area contributed by atoms with Crippen LogP contribution in [0.4, 0.5) is 5.88 Å². The predicted molar refractivity (Wildman–Crippen MR) is 74.9 cm³/mol. The van der Waals surface area contributed by atoms with Gasteiger partial charge in [0.25, 0.3) is 0 Å². The molecule has 0 bridgehead atoms. The molecule has 18 heavy (non-hydrogen) atoms. The minimum atomic E-state index is 0.352. The maximum atomic E-state index is 6.17. The highest BCUT2D eigenvalue weighted by Crippen LogP contribution is 2.34. The lowest BCUT2D eigenvalue weighted by molar-refractivity contribution is 0.438. The van der Waals surface area contributed by atoms with Crippen LogP contribution >= 0.6 is 23.2 Å². The lowest BCUT2D eigenvalue weighted by Crippen LogP contribution is -1.98. The van der Waals surface area contributed by atoms with Gasteiger partial charge in [-0.05, 0) is 30.5 Å². The van der Waals surface area contributed by atoms with E-state index in [1.165, 1.54) is 0 Å². The maximum absolute atomic E-state index is 6.17. The highest BCUT2D eigenvalue weighted by atomic mass is 35.5. The van der Waals surface area contributed by atoms with Crippen LogP contribution in [0.15, 0.2) is 22.7 Å². The molecule has 1 heterocycles. The first-order valence-electron chi connectivity index (χ1n) is 5.68. The van der Waals surface area contributed by atoms with Crippen LogP contribution in [0.5, 0.6) is 0 Å². The molecule has 0 atom stereocenters. The minimum absolute atomic E-state index is 0.352. The molecule has 0 aliphatic carbocycles. The number of nitrogens with zero attached hydrogens (tertiary/aromatic N) is 1. The van der Waals surface area contributed by atoms with Crippen LogP contribution in [-0.4, -0.2) is 5.16 Å². The van der Waals surface area contributed by atoms with Crippen LogP contribution in [0.25, 0.3) is 11.3 Å². The second-order valence-electron chi connectivity index (χ2n) is 4.60. The molecule has 0 spiro atoms. The Balaban J connectivity index is 2.50. The van der Waals surface area contributed by atoms with E-state index in [0.29, 0.717) is 27.5 Å². The van der Waals surface area contributed by atoms with E-state index in [2.05, 4.69) is 19.0 Å². The number of benzene rings is 1. The van der Waals surface area contributed by atoms with Crippen LogP contribution in [0, 0.1) is 5.92 Å².